The van der Waals surface area contributed by atoms with Crippen LogP contribution in [0.25, 0.3) is 0 Å². The van der Waals surface area contributed by atoms with Gasteiger partial charge in [-0.05, 0) is 28.7 Å². The van der Waals surface area contributed by atoms with Crippen LogP contribution in [0.2, 0.25) is 5.02 Å². The summed E-state index contributed by atoms with van der Waals surface area (Å²) < 4.78 is 0. The molecule has 0 aliphatic carbocycles. The third-order valence-corrected chi connectivity index (χ3v) is 4.05. The van der Waals surface area contributed by atoms with Gasteiger partial charge in [-0.1, -0.05) is 74.8 Å². The molecule has 108 valence electrons. The van der Waals surface area contributed by atoms with E-state index in [4.69, 9.17) is 11.6 Å². The van der Waals surface area contributed by atoms with Crippen LogP contribution in [0.4, 0.5) is 0 Å². The lowest BCUT2D eigenvalue weighted by Gasteiger charge is -2.34. The number of nitrogens with zero attached hydrogens (tertiary/aromatic N) is 1. The Morgan fingerprint density at radius 1 is 0.905 bits per heavy atom. The molecular formula is C19H20ClN. The van der Waals surface area contributed by atoms with Gasteiger partial charge in [0.25, 0.3) is 0 Å². The Morgan fingerprint density at radius 2 is 1.48 bits per heavy atom. The molecule has 21 heavy (non-hydrogen) atoms. The van der Waals surface area contributed by atoms with Crippen LogP contribution in [0, 0.1) is 16.7 Å². The van der Waals surface area contributed by atoms with E-state index in [0.717, 1.165) is 5.56 Å². The van der Waals surface area contributed by atoms with Gasteiger partial charge in [0, 0.05) is 10.9 Å². The van der Waals surface area contributed by atoms with Crippen molar-refractivity contribution in [2.45, 2.75) is 32.6 Å². The summed E-state index contributed by atoms with van der Waals surface area (Å²) in [7, 11) is 0. The van der Waals surface area contributed by atoms with Crippen molar-refractivity contribution < 1.29 is 0 Å². The zero-order chi connectivity index (χ0) is 15.5. The smallest absolute Gasteiger partial charge is 0.0786 e. The van der Waals surface area contributed by atoms with Crippen molar-refractivity contribution in [3.8, 4) is 6.07 Å². The minimum Gasteiger partial charge on any atom is -0.198 e. The molecule has 0 fully saturated rings. The quantitative estimate of drug-likeness (QED) is 0.704. The van der Waals surface area contributed by atoms with Crippen LogP contribution < -0.4 is 0 Å². The van der Waals surface area contributed by atoms with Crippen molar-refractivity contribution in [2.75, 3.05) is 0 Å². The van der Waals surface area contributed by atoms with E-state index >= 15 is 0 Å². The van der Waals surface area contributed by atoms with Crippen LogP contribution in [-0.2, 0) is 0 Å². The molecule has 2 atom stereocenters. The van der Waals surface area contributed by atoms with Crippen LogP contribution in [0.1, 0.15) is 43.7 Å². The van der Waals surface area contributed by atoms with E-state index in [1.807, 2.05) is 42.5 Å². The van der Waals surface area contributed by atoms with Crippen molar-refractivity contribution in [2.24, 2.45) is 5.41 Å². The van der Waals surface area contributed by atoms with Gasteiger partial charge in [0.15, 0.2) is 0 Å². The van der Waals surface area contributed by atoms with Crippen LogP contribution in [0.3, 0.4) is 0 Å². The minimum absolute atomic E-state index is 0.0125. The molecular weight excluding hydrogens is 278 g/mol. The van der Waals surface area contributed by atoms with Crippen molar-refractivity contribution in [3.05, 3.63) is 70.7 Å². The average Bonchev–Trinajstić information content (AvgIpc) is 2.45. The molecule has 0 N–H and O–H groups in total. The summed E-state index contributed by atoms with van der Waals surface area (Å²) in [6.07, 6.45) is 0. The topological polar surface area (TPSA) is 23.8 Å². The van der Waals surface area contributed by atoms with Crippen molar-refractivity contribution in [1.82, 2.24) is 0 Å². The van der Waals surface area contributed by atoms with Crippen molar-refractivity contribution in [1.29, 1.82) is 5.26 Å². The summed E-state index contributed by atoms with van der Waals surface area (Å²) in [5.41, 5.74) is 2.21. The SMILES string of the molecule is CC(C)(C)[C@@H](c1ccccc1)[C@H](C#N)c1ccc(Cl)cc1. The molecule has 0 aliphatic rings. The zero-order valence-corrected chi connectivity index (χ0v) is 13.4. The fourth-order valence-electron chi connectivity index (χ4n) is 2.86. The van der Waals surface area contributed by atoms with Gasteiger partial charge in [0.05, 0.1) is 12.0 Å². The van der Waals surface area contributed by atoms with E-state index in [0.29, 0.717) is 5.02 Å². The highest BCUT2D eigenvalue weighted by Crippen LogP contribution is 2.45. The standard InChI is InChI=1S/C19H20ClN/c1-19(2,3)18(15-7-5-4-6-8-15)17(13-21)14-9-11-16(20)12-10-14/h4-12,17-18H,1-3H3/t17-,18+/m1/s1. The molecule has 0 heterocycles. The van der Waals surface area contributed by atoms with Crippen LogP contribution in [0.5, 0.6) is 0 Å². The van der Waals surface area contributed by atoms with E-state index in [1.165, 1.54) is 5.56 Å². The maximum atomic E-state index is 9.76. The molecule has 0 unspecified atom stereocenters. The highest BCUT2D eigenvalue weighted by molar-refractivity contribution is 6.30. The summed E-state index contributed by atoms with van der Waals surface area (Å²) in [6.45, 7) is 6.56. The second kappa shape index (κ2) is 6.33. The molecule has 1 nitrogen and oxygen atoms in total. The first-order chi connectivity index (χ1) is 9.93. The van der Waals surface area contributed by atoms with Crippen molar-refractivity contribution >= 4 is 11.6 Å². The van der Waals surface area contributed by atoms with Gasteiger partial charge in [-0.3, -0.25) is 0 Å². The van der Waals surface area contributed by atoms with Gasteiger partial charge >= 0.3 is 0 Å². The Labute approximate surface area is 132 Å². The maximum absolute atomic E-state index is 9.76. The Hall–Kier alpha value is -1.78. The molecule has 0 amide bonds. The van der Waals surface area contributed by atoms with Crippen molar-refractivity contribution in [3.63, 3.8) is 0 Å². The van der Waals surface area contributed by atoms with Crippen LogP contribution in [0.15, 0.2) is 54.6 Å². The number of hydrogen-bond donors (Lipinski definition) is 0. The average molecular weight is 298 g/mol. The summed E-state index contributed by atoms with van der Waals surface area (Å²) in [4.78, 5) is 0. The molecule has 0 saturated carbocycles. The lowest BCUT2D eigenvalue weighted by molar-refractivity contribution is 0.302. The molecule has 2 aromatic rings. The highest BCUT2D eigenvalue weighted by Gasteiger charge is 2.34. The molecule has 0 saturated heterocycles. The Morgan fingerprint density at radius 3 is 1.95 bits per heavy atom. The van der Waals surface area contributed by atoms with Gasteiger partial charge in [-0.15, -0.1) is 0 Å². The Kier molecular flexibility index (Phi) is 4.70. The summed E-state index contributed by atoms with van der Waals surface area (Å²) in [5, 5.41) is 10.5. The Bertz CT molecular complexity index is 617. The summed E-state index contributed by atoms with van der Waals surface area (Å²) in [5.74, 6) is -0.0606. The number of benzene rings is 2. The van der Waals surface area contributed by atoms with Gasteiger partial charge in [-0.2, -0.15) is 5.26 Å². The van der Waals surface area contributed by atoms with E-state index < -0.39 is 0 Å². The molecule has 0 aliphatic heterocycles. The molecule has 0 radical (unpaired) electrons. The number of halogens is 1. The van der Waals surface area contributed by atoms with E-state index in [2.05, 4.69) is 39.0 Å². The number of hydrogen-bond acceptors (Lipinski definition) is 1. The molecule has 2 rings (SSSR count). The monoisotopic (exact) mass is 297 g/mol. The van der Waals surface area contributed by atoms with Gasteiger partial charge in [0.2, 0.25) is 0 Å². The van der Waals surface area contributed by atoms with Crippen LogP contribution in [-0.4, -0.2) is 0 Å². The lowest BCUT2D eigenvalue weighted by Crippen LogP contribution is -2.24. The fraction of sp³-hybridized carbons (Fsp3) is 0.316. The molecule has 2 heteroatoms. The summed E-state index contributed by atoms with van der Waals surface area (Å²) in [6, 6.07) is 20.4. The third-order valence-electron chi connectivity index (χ3n) is 3.79. The van der Waals surface area contributed by atoms with Gasteiger partial charge < -0.3 is 0 Å². The first-order valence-electron chi connectivity index (χ1n) is 7.13. The maximum Gasteiger partial charge on any atom is 0.0786 e. The predicted octanol–water partition coefficient (Wildman–Crippen LogP) is 5.78. The number of nitriles is 1. The molecule has 2 aromatic carbocycles. The van der Waals surface area contributed by atoms with Crippen LogP contribution >= 0.6 is 11.6 Å². The highest BCUT2D eigenvalue weighted by atomic mass is 35.5. The zero-order valence-electron chi connectivity index (χ0n) is 12.7. The predicted molar refractivity (Wildman–Crippen MR) is 88.4 cm³/mol. The summed E-state index contributed by atoms with van der Waals surface area (Å²) >= 11 is 5.96. The van der Waals surface area contributed by atoms with E-state index in [1.54, 1.807) is 0 Å². The minimum atomic E-state index is -0.190. The Balaban J connectivity index is 2.49. The first kappa shape index (κ1) is 15.6. The number of rotatable bonds is 3. The second-order valence-electron chi connectivity index (χ2n) is 6.41. The molecule has 0 aromatic heterocycles. The third kappa shape index (κ3) is 3.65. The van der Waals surface area contributed by atoms with E-state index in [-0.39, 0.29) is 17.3 Å². The van der Waals surface area contributed by atoms with Gasteiger partial charge in [0.1, 0.15) is 0 Å². The lowest BCUT2D eigenvalue weighted by atomic mass is 9.68. The normalized spacial score (nSPS) is 14.2. The van der Waals surface area contributed by atoms with E-state index in [9.17, 15) is 5.26 Å². The second-order valence-corrected chi connectivity index (χ2v) is 6.85. The first-order valence-corrected chi connectivity index (χ1v) is 7.51. The fourth-order valence-corrected chi connectivity index (χ4v) is 2.99. The molecule has 0 bridgehead atoms. The van der Waals surface area contributed by atoms with Gasteiger partial charge in [-0.25, -0.2) is 0 Å². The molecule has 0 spiro atoms. The largest absolute Gasteiger partial charge is 0.198 e.